The molecule has 3 rings (SSSR count). The number of pyridine rings is 1. The molecule has 2 heterocycles. The zero-order chi connectivity index (χ0) is 23.2. The molecule has 0 bridgehead atoms. The van der Waals surface area contributed by atoms with Gasteiger partial charge in [-0.05, 0) is 37.6 Å². The van der Waals surface area contributed by atoms with Gasteiger partial charge < -0.3 is 0 Å². The molecule has 0 unspecified atom stereocenters. The van der Waals surface area contributed by atoms with Gasteiger partial charge in [0, 0.05) is 11.6 Å². The highest BCUT2D eigenvalue weighted by molar-refractivity contribution is 7.91. The van der Waals surface area contributed by atoms with Crippen molar-refractivity contribution in [3.63, 3.8) is 0 Å². The molecule has 0 aliphatic rings. The van der Waals surface area contributed by atoms with Gasteiger partial charge in [-0.2, -0.15) is 28.2 Å². The summed E-state index contributed by atoms with van der Waals surface area (Å²) in [6.45, 7) is 4.55. The summed E-state index contributed by atoms with van der Waals surface area (Å²) in [5, 5.41) is 13.2. The summed E-state index contributed by atoms with van der Waals surface area (Å²) in [4.78, 5) is 16.7. The first-order chi connectivity index (χ1) is 14.3. The van der Waals surface area contributed by atoms with Crippen LogP contribution in [-0.4, -0.2) is 28.9 Å². The van der Waals surface area contributed by atoms with Gasteiger partial charge >= 0.3 is 6.18 Å². The fourth-order valence-electron chi connectivity index (χ4n) is 2.85. The largest absolute Gasteiger partial charge is 0.416 e. The summed E-state index contributed by atoms with van der Waals surface area (Å²) < 4.78 is 65.3. The third-order valence-electron chi connectivity index (χ3n) is 4.87. The van der Waals surface area contributed by atoms with Crippen molar-refractivity contribution in [2.75, 3.05) is 5.75 Å². The molecule has 0 saturated heterocycles. The second kappa shape index (κ2) is 7.46. The molecule has 0 radical (unpaired) electrons. The number of hydrogen-bond donors (Lipinski definition) is 0. The number of benzene rings is 1. The van der Waals surface area contributed by atoms with Crippen LogP contribution in [0, 0.1) is 11.3 Å². The topological polar surface area (TPSA) is 106 Å². The van der Waals surface area contributed by atoms with Crippen molar-refractivity contribution in [1.82, 2.24) is 14.8 Å². The normalized spacial score (nSPS) is 12.7. The van der Waals surface area contributed by atoms with Crippen molar-refractivity contribution in [3.8, 4) is 11.9 Å². The van der Waals surface area contributed by atoms with E-state index in [4.69, 9.17) is 0 Å². The summed E-state index contributed by atoms with van der Waals surface area (Å²) >= 11 is 0. The fraction of sp³-hybridized carbons (Fsp3) is 0.300. The smallest absolute Gasteiger partial charge is 0.267 e. The molecule has 0 aliphatic carbocycles. The SMILES string of the molecule is CCS(=O)(=O)c1cc(C(C)(C)C#N)cnc1-n1ncc2ccc(C(F)(F)F)cc2c1=O. The molecule has 0 spiro atoms. The predicted octanol–water partition coefficient (Wildman–Crippen LogP) is 3.39. The number of rotatable bonds is 4. The molecule has 0 atom stereocenters. The summed E-state index contributed by atoms with van der Waals surface area (Å²) in [7, 11) is -3.92. The molecule has 1 aromatic carbocycles. The molecular formula is C20H17F3N4O3S. The average molecular weight is 450 g/mol. The van der Waals surface area contributed by atoms with Crippen molar-refractivity contribution in [3.05, 3.63) is 58.1 Å². The number of hydrogen-bond acceptors (Lipinski definition) is 6. The molecule has 3 aromatic rings. The number of fused-ring (bicyclic) bond motifs is 1. The molecule has 2 aromatic heterocycles. The van der Waals surface area contributed by atoms with Crippen LogP contribution in [0.2, 0.25) is 0 Å². The average Bonchev–Trinajstić information content (AvgIpc) is 2.72. The minimum Gasteiger partial charge on any atom is -0.267 e. The molecule has 0 fully saturated rings. The molecule has 7 nitrogen and oxygen atoms in total. The van der Waals surface area contributed by atoms with Gasteiger partial charge in [-0.1, -0.05) is 13.0 Å². The Morgan fingerprint density at radius 1 is 1.13 bits per heavy atom. The minimum absolute atomic E-state index is 0.163. The number of halogens is 3. The van der Waals surface area contributed by atoms with Gasteiger partial charge in [-0.3, -0.25) is 4.79 Å². The Balaban J connectivity index is 2.35. The number of alkyl halides is 3. The highest BCUT2D eigenvalue weighted by Crippen LogP contribution is 2.31. The van der Waals surface area contributed by atoms with Gasteiger partial charge in [0.05, 0.1) is 34.4 Å². The van der Waals surface area contributed by atoms with E-state index in [1.807, 2.05) is 6.07 Å². The second-order valence-electron chi connectivity index (χ2n) is 7.35. The molecule has 0 N–H and O–H groups in total. The van der Waals surface area contributed by atoms with E-state index in [0.29, 0.717) is 16.3 Å². The number of aromatic nitrogens is 3. The van der Waals surface area contributed by atoms with Crippen LogP contribution in [0.5, 0.6) is 0 Å². The lowest BCUT2D eigenvalue weighted by atomic mass is 9.88. The van der Waals surface area contributed by atoms with Crippen molar-refractivity contribution in [1.29, 1.82) is 5.26 Å². The van der Waals surface area contributed by atoms with E-state index in [1.165, 1.54) is 19.2 Å². The maximum Gasteiger partial charge on any atom is 0.416 e. The lowest BCUT2D eigenvalue weighted by Crippen LogP contribution is -2.26. The first-order valence-corrected chi connectivity index (χ1v) is 10.7. The molecule has 0 aliphatic heterocycles. The van der Waals surface area contributed by atoms with Gasteiger partial charge in [0.1, 0.15) is 4.90 Å². The van der Waals surface area contributed by atoms with Crippen LogP contribution in [-0.2, 0) is 21.4 Å². The van der Waals surface area contributed by atoms with E-state index in [-0.39, 0.29) is 27.2 Å². The van der Waals surface area contributed by atoms with Crippen molar-refractivity contribution in [2.24, 2.45) is 0 Å². The van der Waals surface area contributed by atoms with E-state index in [0.717, 1.165) is 18.3 Å². The molecule has 31 heavy (non-hydrogen) atoms. The molecule has 0 amide bonds. The van der Waals surface area contributed by atoms with Gasteiger partial charge in [0.15, 0.2) is 15.7 Å². The van der Waals surface area contributed by atoms with Crippen LogP contribution in [0.15, 0.2) is 46.3 Å². The lowest BCUT2D eigenvalue weighted by molar-refractivity contribution is -0.137. The zero-order valence-corrected chi connectivity index (χ0v) is 17.5. The van der Waals surface area contributed by atoms with E-state index in [1.54, 1.807) is 13.8 Å². The molecule has 11 heteroatoms. The van der Waals surface area contributed by atoms with Crippen LogP contribution in [0.3, 0.4) is 0 Å². The third kappa shape index (κ3) is 4.03. The Morgan fingerprint density at radius 3 is 2.39 bits per heavy atom. The number of nitrogens with zero attached hydrogens (tertiary/aromatic N) is 4. The highest BCUT2D eigenvalue weighted by atomic mass is 32.2. The number of sulfone groups is 1. The maximum absolute atomic E-state index is 13.1. The van der Waals surface area contributed by atoms with Crippen molar-refractivity contribution in [2.45, 2.75) is 37.3 Å². The summed E-state index contributed by atoms with van der Waals surface area (Å²) in [6, 6.07) is 5.93. The van der Waals surface area contributed by atoms with Gasteiger partial charge in [-0.15, -0.1) is 0 Å². The molecule has 0 saturated carbocycles. The second-order valence-corrected chi connectivity index (χ2v) is 9.59. The van der Waals surface area contributed by atoms with E-state index in [2.05, 4.69) is 10.1 Å². The Kier molecular flexibility index (Phi) is 5.40. The summed E-state index contributed by atoms with van der Waals surface area (Å²) in [6.07, 6.45) is -2.25. The predicted molar refractivity (Wildman–Crippen MR) is 107 cm³/mol. The molecule has 162 valence electrons. The Morgan fingerprint density at radius 2 is 1.81 bits per heavy atom. The summed E-state index contributed by atoms with van der Waals surface area (Å²) in [5.74, 6) is -0.665. The van der Waals surface area contributed by atoms with Crippen LogP contribution < -0.4 is 5.56 Å². The van der Waals surface area contributed by atoms with Gasteiger partial charge in [0.25, 0.3) is 5.56 Å². The lowest BCUT2D eigenvalue weighted by Gasteiger charge is -2.18. The fourth-order valence-corrected chi connectivity index (χ4v) is 3.89. The third-order valence-corrected chi connectivity index (χ3v) is 6.60. The van der Waals surface area contributed by atoms with Crippen LogP contribution >= 0.6 is 0 Å². The Hall–Kier alpha value is -3.26. The number of nitriles is 1. The quantitative estimate of drug-likeness (QED) is 0.603. The van der Waals surface area contributed by atoms with Crippen LogP contribution in [0.25, 0.3) is 16.6 Å². The zero-order valence-electron chi connectivity index (χ0n) is 16.7. The van der Waals surface area contributed by atoms with E-state index < -0.39 is 32.6 Å². The standard InChI is InChI=1S/C20H17F3N4O3S/c1-4-31(29,30)16-8-14(19(2,3)11-24)10-25-17(16)27-18(28)15-7-13(20(21,22)23)6-5-12(15)9-26-27/h5-10H,4H2,1-3H3. The van der Waals surface area contributed by atoms with Gasteiger partial charge in [-0.25, -0.2) is 13.4 Å². The van der Waals surface area contributed by atoms with Crippen molar-refractivity contribution >= 4 is 20.6 Å². The van der Waals surface area contributed by atoms with Crippen LogP contribution in [0.1, 0.15) is 31.9 Å². The van der Waals surface area contributed by atoms with E-state index >= 15 is 0 Å². The van der Waals surface area contributed by atoms with Crippen LogP contribution in [0.4, 0.5) is 13.2 Å². The Bertz CT molecular complexity index is 1390. The maximum atomic E-state index is 13.1. The Labute approximate surface area is 175 Å². The first kappa shape index (κ1) is 22.4. The highest BCUT2D eigenvalue weighted by Gasteiger charge is 2.31. The first-order valence-electron chi connectivity index (χ1n) is 9.06. The monoisotopic (exact) mass is 450 g/mol. The van der Waals surface area contributed by atoms with Gasteiger partial charge in [0.2, 0.25) is 0 Å². The van der Waals surface area contributed by atoms with Crippen molar-refractivity contribution < 1.29 is 21.6 Å². The molecular weight excluding hydrogens is 433 g/mol. The summed E-state index contributed by atoms with van der Waals surface area (Å²) in [5.41, 5.74) is -2.72. The minimum atomic E-state index is -4.66. The van der Waals surface area contributed by atoms with E-state index in [9.17, 15) is 31.6 Å².